The molecule has 2 aromatic carbocycles. The normalized spacial score (nSPS) is 10.7. The van der Waals surface area contributed by atoms with Crippen LogP contribution in [0.15, 0.2) is 42.5 Å². The smallest absolute Gasteiger partial charge is 0.142 e. The SMILES string of the molecule is Cc1ccc(OCCOc2ccccc2C(C)C)c(N)c1. The van der Waals surface area contributed by atoms with Crippen LogP contribution in [0.4, 0.5) is 5.69 Å². The zero-order chi connectivity index (χ0) is 15.2. The summed E-state index contributed by atoms with van der Waals surface area (Å²) in [5, 5.41) is 0. The molecule has 0 heterocycles. The summed E-state index contributed by atoms with van der Waals surface area (Å²) in [6.07, 6.45) is 0. The molecule has 2 N–H and O–H groups in total. The Balaban J connectivity index is 1.88. The molecule has 0 unspecified atom stereocenters. The van der Waals surface area contributed by atoms with Crippen molar-refractivity contribution in [2.45, 2.75) is 26.7 Å². The first-order valence-electron chi connectivity index (χ1n) is 7.28. The van der Waals surface area contributed by atoms with Crippen LogP contribution >= 0.6 is 0 Å². The molecule has 0 amide bonds. The number of benzene rings is 2. The molecule has 0 aromatic heterocycles. The summed E-state index contributed by atoms with van der Waals surface area (Å²) in [4.78, 5) is 0. The van der Waals surface area contributed by atoms with E-state index >= 15 is 0 Å². The number of ether oxygens (including phenoxy) is 2. The van der Waals surface area contributed by atoms with E-state index in [9.17, 15) is 0 Å². The maximum Gasteiger partial charge on any atom is 0.142 e. The molecule has 0 aliphatic rings. The van der Waals surface area contributed by atoms with Crippen LogP contribution in [0, 0.1) is 6.92 Å². The van der Waals surface area contributed by atoms with Gasteiger partial charge < -0.3 is 15.2 Å². The van der Waals surface area contributed by atoms with Crippen molar-refractivity contribution in [3.8, 4) is 11.5 Å². The van der Waals surface area contributed by atoms with Crippen molar-refractivity contribution in [3.05, 3.63) is 53.6 Å². The van der Waals surface area contributed by atoms with Crippen LogP contribution in [0.1, 0.15) is 30.9 Å². The van der Waals surface area contributed by atoms with Gasteiger partial charge in [-0.05, 0) is 42.2 Å². The first-order valence-corrected chi connectivity index (χ1v) is 7.28. The van der Waals surface area contributed by atoms with Crippen molar-refractivity contribution < 1.29 is 9.47 Å². The van der Waals surface area contributed by atoms with Crippen molar-refractivity contribution >= 4 is 5.69 Å². The van der Waals surface area contributed by atoms with E-state index < -0.39 is 0 Å². The molecule has 112 valence electrons. The van der Waals surface area contributed by atoms with Crippen LogP contribution < -0.4 is 15.2 Å². The summed E-state index contributed by atoms with van der Waals surface area (Å²) in [6.45, 7) is 7.29. The number of nitrogen functional groups attached to an aromatic ring is 1. The Labute approximate surface area is 126 Å². The summed E-state index contributed by atoms with van der Waals surface area (Å²) in [7, 11) is 0. The number of rotatable bonds is 6. The Morgan fingerprint density at radius 1 is 0.952 bits per heavy atom. The van der Waals surface area contributed by atoms with Crippen molar-refractivity contribution in [2.75, 3.05) is 18.9 Å². The van der Waals surface area contributed by atoms with Crippen LogP contribution in [-0.2, 0) is 0 Å². The topological polar surface area (TPSA) is 44.5 Å². The van der Waals surface area contributed by atoms with Gasteiger partial charge in [-0.2, -0.15) is 0 Å². The zero-order valence-electron chi connectivity index (χ0n) is 12.9. The molecule has 0 saturated carbocycles. The van der Waals surface area contributed by atoms with E-state index in [1.165, 1.54) is 5.56 Å². The highest BCUT2D eigenvalue weighted by molar-refractivity contribution is 5.54. The lowest BCUT2D eigenvalue weighted by atomic mass is 10.0. The largest absolute Gasteiger partial charge is 0.490 e. The first kappa shape index (κ1) is 15.2. The number of para-hydroxylation sites is 1. The van der Waals surface area contributed by atoms with Gasteiger partial charge in [0.05, 0.1) is 5.69 Å². The molecule has 0 saturated heterocycles. The quantitative estimate of drug-likeness (QED) is 0.640. The molecular weight excluding hydrogens is 262 g/mol. The molecule has 0 bridgehead atoms. The second-order valence-corrected chi connectivity index (χ2v) is 5.43. The van der Waals surface area contributed by atoms with Gasteiger partial charge in [0.1, 0.15) is 24.7 Å². The van der Waals surface area contributed by atoms with Crippen LogP contribution in [-0.4, -0.2) is 13.2 Å². The van der Waals surface area contributed by atoms with E-state index in [1.54, 1.807) is 0 Å². The fraction of sp³-hybridized carbons (Fsp3) is 0.333. The summed E-state index contributed by atoms with van der Waals surface area (Å²) >= 11 is 0. The monoisotopic (exact) mass is 285 g/mol. The first-order chi connectivity index (χ1) is 10.1. The fourth-order valence-electron chi connectivity index (χ4n) is 2.19. The Hall–Kier alpha value is -2.16. The molecule has 0 aliphatic heterocycles. The lowest BCUT2D eigenvalue weighted by molar-refractivity contribution is 0.216. The van der Waals surface area contributed by atoms with Crippen molar-refractivity contribution in [2.24, 2.45) is 0 Å². The number of hydrogen-bond acceptors (Lipinski definition) is 3. The van der Waals surface area contributed by atoms with E-state index in [0.29, 0.717) is 30.6 Å². The minimum atomic E-state index is 0.440. The maximum atomic E-state index is 5.91. The van der Waals surface area contributed by atoms with E-state index in [0.717, 1.165) is 11.3 Å². The molecule has 0 spiro atoms. The third-order valence-corrected chi connectivity index (χ3v) is 3.30. The second kappa shape index (κ2) is 7.02. The van der Waals surface area contributed by atoms with Gasteiger partial charge in [-0.15, -0.1) is 0 Å². The molecule has 0 radical (unpaired) electrons. The Morgan fingerprint density at radius 2 is 1.62 bits per heavy atom. The van der Waals surface area contributed by atoms with E-state index in [4.69, 9.17) is 15.2 Å². The van der Waals surface area contributed by atoms with Crippen LogP contribution in [0.25, 0.3) is 0 Å². The van der Waals surface area contributed by atoms with Gasteiger partial charge in [-0.25, -0.2) is 0 Å². The number of hydrogen-bond donors (Lipinski definition) is 1. The zero-order valence-corrected chi connectivity index (χ0v) is 12.9. The summed E-state index contributed by atoms with van der Waals surface area (Å²) in [6, 6.07) is 13.9. The Bertz CT molecular complexity index is 594. The molecule has 3 nitrogen and oxygen atoms in total. The predicted octanol–water partition coefficient (Wildman–Crippen LogP) is 4.16. The van der Waals surface area contributed by atoms with Gasteiger partial charge >= 0.3 is 0 Å². The average Bonchev–Trinajstić information content (AvgIpc) is 2.45. The second-order valence-electron chi connectivity index (χ2n) is 5.43. The summed E-state index contributed by atoms with van der Waals surface area (Å²) < 4.78 is 11.5. The van der Waals surface area contributed by atoms with Gasteiger partial charge in [0.25, 0.3) is 0 Å². The van der Waals surface area contributed by atoms with E-state index in [2.05, 4.69) is 19.9 Å². The molecule has 2 rings (SSSR count). The molecule has 2 aromatic rings. The highest BCUT2D eigenvalue weighted by Crippen LogP contribution is 2.26. The van der Waals surface area contributed by atoms with Gasteiger partial charge in [0, 0.05) is 0 Å². The molecular formula is C18H23NO2. The highest BCUT2D eigenvalue weighted by atomic mass is 16.5. The number of nitrogens with two attached hydrogens (primary N) is 1. The van der Waals surface area contributed by atoms with Crippen LogP contribution in [0.3, 0.4) is 0 Å². The minimum absolute atomic E-state index is 0.440. The lowest BCUT2D eigenvalue weighted by Gasteiger charge is -2.14. The van der Waals surface area contributed by atoms with Gasteiger partial charge in [0.2, 0.25) is 0 Å². The predicted molar refractivity (Wildman–Crippen MR) is 87.1 cm³/mol. The van der Waals surface area contributed by atoms with Gasteiger partial charge in [-0.1, -0.05) is 38.1 Å². The fourth-order valence-corrected chi connectivity index (χ4v) is 2.19. The van der Waals surface area contributed by atoms with Gasteiger partial charge in [0.15, 0.2) is 0 Å². The molecule has 0 fully saturated rings. The van der Waals surface area contributed by atoms with Crippen molar-refractivity contribution in [1.29, 1.82) is 0 Å². The number of anilines is 1. The maximum absolute atomic E-state index is 5.91. The third kappa shape index (κ3) is 4.15. The molecule has 0 aliphatic carbocycles. The number of aryl methyl sites for hydroxylation is 1. The Kier molecular flexibility index (Phi) is 5.09. The lowest BCUT2D eigenvalue weighted by Crippen LogP contribution is -2.11. The summed E-state index contributed by atoms with van der Waals surface area (Å²) in [5.74, 6) is 2.07. The standard InChI is InChI=1S/C18H23NO2/c1-13(2)15-6-4-5-7-17(15)20-10-11-21-18-9-8-14(3)12-16(18)19/h4-9,12-13H,10-11,19H2,1-3H3. The van der Waals surface area contributed by atoms with E-state index in [1.807, 2.05) is 43.3 Å². The average molecular weight is 285 g/mol. The van der Waals surface area contributed by atoms with Crippen LogP contribution in [0.5, 0.6) is 11.5 Å². The minimum Gasteiger partial charge on any atom is -0.490 e. The highest BCUT2D eigenvalue weighted by Gasteiger charge is 2.07. The van der Waals surface area contributed by atoms with Crippen molar-refractivity contribution in [1.82, 2.24) is 0 Å². The van der Waals surface area contributed by atoms with Crippen molar-refractivity contribution in [3.63, 3.8) is 0 Å². The Morgan fingerprint density at radius 3 is 2.29 bits per heavy atom. The molecule has 3 heteroatoms. The summed E-state index contributed by atoms with van der Waals surface area (Å²) in [5.41, 5.74) is 8.92. The third-order valence-electron chi connectivity index (χ3n) is 3.30. The van der Waals surface area contributed by atoms with E-state index in [-0.39, 0.29) is 0 Å². The van der Waals surface area contributed by atoms with Crippen LogP contribution in [0.2, 0.25) is 0 Å². The molecule has 0 atom stereocenters. The van der Waals surface area contributed by atoms with Gasteiger partial charge in [-0.3, -0.25) is 0 Å². The molecule has 21 heavy (non-hydrogen) atoms.